The van der Waals surface area contributed by atoms with Crippen molar-refractivity contribution in [3.8, 4) is 0 Å². The number of carbonyl (C=O) groups excluding carboxylic acids is 2. The van der Waals surface area contributed by atoms with E-state index in [-0.39, 0.29) is 16.9 Å². The first kappa shape index (κ1) is 19.4. The summed E-state index contributed by atoms with van der Waals surface area (Å²) in [5.41, 5.74) is 1.05. The van der Waals surface area contributed by atoms with Crippen LogP contribution in [0, 0.1) is 13.7 Å². The second-order valence-electron chi connectivity index (χ2n) is 5.65. The van der Waals surface area contributed by atoms with Crippen LogP contribution in [-0.4, -0.2) is 21.7 Å². The number of hydrogen-bond donors (Lipinski definition) is 2. The molecule has 0 bridgehead atoms. The number of aromatic nitrogens is 1. The third-order valence-electron chi connectivity index (χ3n) is 3.71. The van der Waals surface area contributed by atoms with Gasteiger partial charge in [0.1, 0.15) is 0 Å². The molecule has 0 aliphatic rings. The Kier molecular flexibility index (Phi) is 5.94. The van der Waals surface area contributed by atoms with E-state index in [0.29, 0.717) is 11.3 Å². The molecule has 2 aromatic carbocycles. The van der Waals surface area contributed by atoms with Gasteiger partial charge in [-0.2, -0.15) is 0 Å². The monoisotopic (exact) mass is 488 g/mol. The van der Waals surface area contributed by atoms with Gasteiger partial charge >= 0.3 is 0 Å². The smallest absolute Gasteiger partial charge is 0.271 e. The number of nitro groups is 1. The zero-order valence-corrected chi connectivity index (χ0v) is 16.4. The van der Waals surface area contributed by atoms with E-state index in [1.165, 1.54) is 24.4 Å². The fourth-order valence-electron chi connectivity index (χ4n) is 2.40. The lowest BCUT2D eigenvalue weighted by atomic mass is 10.1. The van der Waals surface area contributed by atoms with Crippen LogP contribution >= 0.6 is 22.6 Å². The number of amides is 2. The van der Waals surface area contributed by atoms with Gasteiger partial charge in [0.05, 0.1) is 21.7 Å². The van der Waals surface area contributed by atoms with E-state index in [4.69, 9.17) is 0 Å². The Balaban J connectivity index is 1.86. The second kappa shape index (κ2) is 8.57. The number of nitrogens with zero attached hydrogens (tertiary/aromatic N) is 2. The van der Waals surface area contributed by atoms with Gasteiger partial charge < -0.3 is 10.6 Å². The molecule has 8 nitrogen and oxygen atoms in total. The fraction of sp³-hybridized carbons (Fsp3) is 0. The van der Waals surface area contributed by atoms with Crippen LogP contribution in [0.3, 0.4) is 0 Å². The van der Waals surface area contributed by atoms with E-state index in [1.54, 1.807) is 42.6 Å². The quantitative estimate of drug-likeness (QED) is 0.319. The normalized spacial score (nSPS) is 10.2. The van der Waals surface area contributed by atoms with Crippen molar-refractivity contribution in [2.45, 2.75) is 0 Å². The zero-order valence-electron chi connectivity index (χ0n) is 14.3. The largest absolute Gasteiger partial charge is 0.322 e. The van der Waals surface area contributed by atoms with Gasteiger partial charge in [-0.05, 0) is 59.0 Å². The van der Waals surface area contributed by atoms with Gasteiger partial charge in [-0.15, -0.1) is 0 Å². The number of non-ortho nitro benzene ring substituents is 1. The highest BCUT2D eigenvalue weighted by Crippen LogP contribution is 2.23. The van der Waals surface area contributed by atoms with Gasteiger partial charge in [-0.1, -0.05) is 6.07 Å². The van der Waals surface area contributed by atoms with Crippen LogP contribution in [0.1, 0.15) is 20.7 Å². The molecule has 0 radical (unpaired) electrons. The van der Waals surface area contributed by atoms with Crippen molar-refractivity contribution in [1.82, 2.24) is 4.98 Å². The van der Waals surface area contributed by atoms with Gasteiger partial charge in [-0.3, -0.25) is 24.7 Å². The molecule has 2 N–H and O–H groups in total. The maximum atomic E-state index is 12.7. The van der Waals surface area contributed by atoms with Crippen LogP contribution in [-0.2, 0) is 0 Å². The number of nitro benzene ring substituents is 1. The number of benzene rings is 2. The van der Waals surface area contributed by atoms with E-state index in [2.05, 4.69) is 38.2 Å². The van der Waals surface area contributed by atoms with Crippen molar-refractivity contribution in [1.29, 1.82) is 0 Å². The molecule has 0 saturated heterocycles. The first-order chi connectivity index (χ1) is 13.4. The summed E-state index contributed by atoms with van der Waals surface area (Å²) >= 11 is 2.05. The van der Waals surface area contributed by atoms with E-state index < -0.39 is 16.7 Å². The van der Waals surface area contributed by atoms with Crippen LogP contribution in [0.5, 0.6) is 0 Å². The summed E-state index contributed by atoms with van der Waals surface area (Å²) in [7, 11) is 0. The van der Waals surface area contributed by atoms with Crippen LogP contribution in [0.25, 0.3) is 0 Å². The molecule has 9 heteroatoms. The minimum Gasteiger partial charge on any atom is -0.322 e. The minimum atomic E-state index is -0.541. The third kappa shape index (κ3) is 4.68. The van der Waals surface area contributed by atoms with E-state index in [0.717, 1.165) is 3.57 Å². The molecule has 0 aliphatic carbocycles. The molecule has 2 amide bonds. The molecular formula is C19H13IN4O4. The maximum absolute atomic E-state index is 12.7. The van der Waals surface area contributed by atoms with Crippen molar-refractivity contribution in [3.63, 3.8) is 0 Å². The molecule has 1 heterocycles. The Morgan fingerprint density at radius 3 is 2.54 bits per heavy atom. The van der Waals surface area contributed by atoms with Gasteiger partial charge in [0.2, 0.25) is 0 Å². The molecule has 0 unspecified atom stereocenters. The SMILES string of the molecule is O=C(Nc1ccc(I)cc1C(=O)Nc1cccc([N+](=O)[O-])c1)c1cccnc1. The number of hydrogen-bond acceptors (Lipinski definition) is 5. The highest BCUT2D eigenvalue weighted by Gasteiger charge is 2.16. The van der Waals surface area contributed by atoms with Gasteiger partial charge in [0.25, 0.3) is 17.5 Å². The van der Waals surface area contributed by atoms with Gasteiger partial charge in [0, 0.05) is 33.8 Å². The summed E-state index contributed by atoms with van der Waals surface area (Å²) in [6.07, 6.45) is 2.98. The lowest BCUT2D eigenvalue weighted by molar-refractivity contribution is -0.384. The van der Waals surface area contributed by atoms with Crippen molar-refractivity contribution >= 4 is 51.5 Å². The predicted molar refractivity (Wildman–Crippen MR) is 112 cm³/mol. The van der Waals surface area contributed by atoms with E-state index >= 15 is 0 Å². The molecular weight excluding hydrogens is 475 g/mol. The predicted octanol–water partition coefficient (Wildman–Crippen LogP) is 4.10. The van der Waals surface area contributed by atoms with Gasteiger partial charge in [-0.25, -0.2) is 0 Å². The number of halogens is 1. The van der Waals surface area contributed by atoms with Crippen molar-refractivity contribution in [3.05, 3.63) is 91.8 Å². The Morgan fingerprint density at radius 2 is 1.82 bits per heavy atom. The number of carbonyl (C=O) groups is 2. The highest BCUT2D eigenvalue weighted by molar-refractivity contribution is 14.1. The summed E-state index contributed by atoms with van der Waals surface area (Å²) in [5.74, 6) is -0.904. The molecule has 140 valence electrons. The lowest BCUT2D eigenvalue weighted by Crippen LogP contribution is -2.18. The Hall–Kier alpha value is -3.34. The average Bonchev–Trinajstić information content (AvgIpc) is 2.70. The molecule has 3 rings (SSSR count). The lowest BCUT2D eigenvalue weighted by Gasteiger charge is -2.12. The van der Waals surface area contributed by atoms with Crippen molar-refractivity contribution in [2.24, 2.45) is 0 Å². The molecule has 3 aromatic rings. The molecule has 0 fully saturated rings. The molecule has 0 saturated carbocycles. The topological polar surface area (TPSA) is 114 Å². The molecule has 0 aliphatic heterocycles. The van der Waals surface area contributed by atoms with Crippen molar-refractivity contribution < 1.29 is 14.5 Å². The van der Waals surface area contributed by atoms with Crippen LogP contribution in [0.15, 0.2) is 67.0 Å². The van der Waals surface area contributed by atoms with E-state index in [9.17, 15) is 19.7 Å². The zero-order chi connectivity index (χ0) is 20.1. The number of rotatable bonds is 5. The van der Waals surface area contributed by atoms with Crippen molar-refractivity contribution in [2.75, 3.05) is 10.6 Å². The number of anilines is 2. The van der Waals surface area contributed by atoms with Crippen LogP contribution in [0.2, 0.25) is 0 Å². The first-order valence-electron chi connectivity index (χ1n) is 8.01. The Morgan fingerprint density at radius 1 is 1.00 bits per heavy atom. The van der Waals surface area contributed by atoms with Gasteiger partial charge in [0.15, 0.2) is 0 Å². The fourth-order valence-corrected chi connectivity index (χ4v) is 2.89. The number of pyridine rings is 1. The molecule has 0 spiro atoms. The minimum absolute atomic E-state index is 0.134. The Bertz CT molecular complexity index is 1060. The Labute approximate surface area is 173 Å². The first-order valence-corrected chi connectivity index (χ1v) is 9.08. The van der Waals surface area contributed by atoms with Crippen LogP contribution < -0.4 is 10.6 Å². The molecule has 0 atom stereocenters. The molecule has 1 aromatic heterocycles. The summed E-state index contributed by atoms with van der Waals surface area (Å²) in [6.45, 7) is 0. The summed E-state index contributed by atoms with van der Waals surface area (Å²) in [4.78, 5) is 39.4. The van der Waals surface area contributed by atoms with Crippen LogP contribution in [0.4, 0.5) is 17.1 Å². The summed E-state index contributed by atoms with van der Waals surface area (Å²) in [6, 6.07) is 13.9. The summed E-state index contributed by atoms with van der Waals surface area (Å²) in [5, 5.41) is 16.2. The highest BCUT2D eigenvalue weighted by atomic mass is 127. The standard InChI is InChI=1S/C19H13IN4O4/c20-13-6-7-17(23-18(25)12-3-2-8-21-11-12)16(9-13)19(26)22-14-4-1-5-15(10-14)24(27)28/h1-11H,(H,22,26)(H,23,25). The molecule has 28 heavy (non-hydrogen) atoms. The summed E-state index contributed by atoms with van der Waals surface area (Å²) < 4.78 is 0.793. The second-order valence-corrected chi connectivity index (χ2v) is 6.89. The number of nitrogens with one attached hydrogen (secondary N) is 2. The van der Waals surface area contributed by atoms with E-state index in [1.807, 2.05) is 0 Å². The average molecular weight is 488 g/mol. The third-order valence-corrected chi connectivity index (χ3v) is 4.38. The maximum Gasteiger partial charge on any atom is 0.271 e.